The molecule has 1 aromatic carbocycles. The van der Waals surface area contributed by atoms with E-state index in [9.17, 15) is 9.90 Å². The molecule has 4 heteroatoms. The van der Waals surface area contributed by atoms with Crippen LogP contribution in [0.4, 0.5) is 5.69 Å². The highest BCUT2D eigenvalue weighted by Gasteiger charge is 2.18. The van der Waals surface area contributed by atoms with Crippen molar-refractivity contribution in [3.05, 3.63) is 30.3 Å². The van der Waals surface area contributed by atoms with E-state index in [4.69, 9.17) is 0 Å². The largest absolute Gasteiger partial charge is 0.373 e. The number of hydrogen-bond donors (Lipinski definition) is 1. The van der Waals surface area contributed by atoms with Gasteiger partial charge in [0.25, 0.3) is 5.91 Å². The fourth-order valence-electron chi connectivity index (χ4n) is 1.05. The lowest BCUT2D eigenvalue weighted by Gasteiger charge is -2.19. The predicted octanol–water partition coefficient (Wildman–Crippen LogP) is 1.33. The smallest absolute Gasteiger partial charge is 0.266 e. The molecule has 0 aliphatic carbocycles. The van der Waals surface area contributed by atoms with Crippen LogP contribution in [0.15, 0.2) is 30.3 Å². The zero-order chi connectivity index (χ0) is 10.6. The van der Waals surface area contributed by atoms with Crippen molar-refractivity contribution in [2.75, 3.05) is 18.2 Å². The van der Waals surface area contributed by atoms with E-state index in [1.165, 1.54) is 4.90 Å². The number of para-hydroxylation sites is 1. The van der Waals surface area contributed by atoms with Gasteiger partial charge < -0.3 is 10.0 Å². The number of aliphatic hydroxyl groups excluding tert-OH is 1. The summed E-state index contributed by atoms with van der Waals surface area (Å²) in [6.07, 6.45) is 1.70. The van der Waals surface area contributed by atoms with Crippen LogP contribution < -0.4 is 4.90 Å². The summed E-state index contributed by atoms with van der Waals surface area (Å²) in [6.45, 7) is 0. The Labute approximate surface area is 87.7 Å². The minimum atomic E-state index is -0.986. The lowest BCUT2D eigenvalue weighted by Crippen LogP contribution is -2.34. The molecule has 0 saturated carbocycles. The Bertz CT molecular complexity index is 302. The van der Waals surface area contributed by atoms with Crippen molar-refractivity contribution in [2.24, 2.45) is 0 Å². The zero-order valence-electron chi connectivity index (χ0n) is 8.18. The number of thioether (sulfide) groups is 1. The summed E-state index contributed by atoms with van der Waals surface area (Å²) in [7, 11) is 1.65. The van der Waals surface area contributed by atoms with E-state index < -0.39 is 5.44 Å². The number of hydrogen-bond acceptors (Lipinski definition) is 3. The maximum absolute atomic E-state index is 11.5. The van der Waals surface area contributed by atoms with Crippen molar-refractivity contribution >= 4 is 23.4 Å². The van der Waals surface area contributed by atoms with Crippen molar-refractivity contribution in [1.29, 1.82) is 0 Å². The highest BCUT2D eigenvalue weighted by atomic mass is 32.2. The van der Waals surface area contributed by atoms with Gasteiger partial charge in [-0.1, -0.05) is 18.2 Å². The Morgan fingerprint density at radius 3 is 2.50 bits per heavy atom. The molecule has 0 spiro atoms. The molecule has 0 aliphatic rings. The van der Waals surface area contributed by atoms with Crippen LogP contribution in [0.25, 0.3) is 0 Å². The molecule has 0 radical (unpaired) electrons. The van der Waals surface area contributed by atoms with E-state index in [-0.39, 0.29) is 5.91 Å². The minimum Gasteiger partial charge on any atom is -0.373 e. The number of carbonyl (C=O) groups is 1. The molecule has 1 atom stereocenters. The van der Waals surface area contributed by atoms with E-state index in [1.54, 1.807) is 13.3 Å². The van der Waals surface area contributed by atoms with Crippen LogP contribution in [0.1, 0.15) is 0 Å². The SMILES string of the molecule is CSC(O)C(=O)N(C)c1ccccc1. The van der Waals surface area contributed by atoms with Crippen LogP contribution in [0.5, 0.6) is 0 Å². The monoisotopic (exact) mass is 211 g/mol. The molecule has 1 amide bonds. The number of benzene rings is 1. The fourth-order valence-corrected chi connectivity index (χ4v) is 1.41. The molecule has 0 heterocycles. The van der Waals surface area contributed by atoms with Gasteiger partial charge in [0.15, 0.2) is 5.44 Å². The van der Waals surface area contributed by atoms with E-state index in [2.05, 4.69) is 0 Å². The number of carbonyl (C=O) groups excluding carboxylic acids is 1. The third kappa shape index (κ3) is 2.49. The topological polar surface area (TPSA) is 40.5 Å². The molecule has 0 aromatic heterocycles. The second-order valence-electron chi connectivity index (χ2n) is 2.82. The summed E-state index contributed by atoms with van der Waals surface area (Å²) >= 11 is 1.12. The maximum Gasteiger partial charge on any atom is 0.266 e. The molecule has 0 fully saturated rings. The molecule has 3 nitrogen and oxygen atoms in total. The van der Waals surface area contributed by atoms with Crippen molar-refractivity contribution in [1.82, 2.24) is 0 Å². The standard InChI is InChI=1S/C10H13NO2S/c1-11(9(12)10(13)14-2)8-6-4-3-5-7-8/h3-7,10,13H,1-2H3. The van der Waals surface area contributed by atoms with Gasteiger partial charge in [-0.3, -0.25) is 4.79 Å². The predicted molar refractivity (Wildman–Crippen MR) is 59.4 cm³/mol. The molecule has 1 rings (SSSR count). The summed E-state index contributed by atoms with van der Waals surface area (Å²) in [4.78, 5) is 13.0. The number of nitrogens with zero attached hydrogens (tertiary/aromatic N) is 1. The maximum atomic E-state index is 11.5. The molecule has 1 N–H and O–H groups in total. The van der Waals surface area contributed by atoms with Gasteiger partial charge in [0.1, 0.15) is 0 Å². The van der Waals surface area contributed by atoms with Crippen molar-refractivity contribution in [3.63, 3.8) is 0 Å². The van der Waals surface area contributed by atoms with Crippen molar-refractivity contribution in [2.45, 2.75) is 5.44 Å². The highest BCUT2D eigenvalue weighted by molar-refractivity contribution is 7.99. The Kier molecular flexibility index (Phi) is 3.98. The zero-order valence-corrected chi connectivity index (χ0v) is 8.99. The molecule has 0 aliphatic heterocycles. The normalized spacial score (nSPS) is 12.2. The number of aliphatic hydroxyl groups is 1. The van der Waals surface area contributed by atoms with Crippen LogP contribution in [-0.4, -0.2) is 29.8 Å². The van der Waals surface area contributed by atoms with Gasteiger partial charge >= 0.3 is 0 Å². The van der Waals surface area contributed by atoms with Gasteiger partial charge in [-0.25, -0.2) is 0 Å². The first-order chi connectivity index (χ1) is 6.66. The molecule has 76 valence electrons. The van der Waals surface area contributed by atoms with Gasteiger partial charge in [0, 0.05) is 12.7 Å². The van der Waals surface area contributed by atoms with Gasteiger partial charge in [-0.05, 0) is 18.4 Å². The fraction of sp³-hybridized carbons (Fsp3) is 0.300. The Morgan fingerprint density at radius 1 is 1.43 bits per heavy atom. The van der Waals surface area contributed by atoms with Gasteiger partial charge in [0.05, 0.1) is 0 Å². The third-order valence-corrected chi connectivity index (χ3v) is 2.56. The summed E-state index contributed by atoms with van der Waals surface area (Å²) in [5, 5.41) is 9.33. The lowest BCUT2D eigenvalue weighted by atomic mass is 10.3. The van der Waals surface area contributed by atoms with Crippen molar-refractivity contribution in [3.8, 4) is 0 Å². The molecular weight excluding hydrogens is 198 g/mol. The lowest BCUT2D eigenvalue weighted by molar-refractivity contribution is -0.122. The number of rotatable bonds is 3. The molecule has 0 saturated heterocycles. The quantitative estimate of drug-likeness (QED) is 0.767. The van der Waals surface area contributed by atoms with Crippen LogP contribution in [0.3, 0.4) is 0 Å². The summed E-state index contributed by atoms with van der Waals surface area (Å²) in [5.74, 6) is -0.302. The number of amides is 1. The van der Waals surface area contributed by atoms with E-state index in [0.717, 1.165) is 17.4 Å². The second kappa shape index (κ2) is 5.02. The highest BCUT2D eigenvalue weighted by Crippen LogP contribution is 2.14. The van der Waals surface area contributed by atoms with Crippen molar-refractivity contribution < 1.29 is 9.90 Å². The first kappa shape index (κ1) is 11.1. The Balaban J connectivity index is 2.76. The first-order valence-electron chi connectivity index (χ1n) is 4.20. The van der Waals surface area contributed by atoms with E-state index in [0.29, 0.717) is 0 Å². The van der Waals surface area contributed by atoms with Crippen LogP contribution in [0, 0.1) is 0 Å². The third-order valence-electron chi connectivity index (χ3n) is 1.91. The summed E-state index contributed by atoms with van der Waals surface area (Å²) in [6, 6.07) is 9.23. The van der Waals surface area contributed by atoms with Gasteiger partial charge in [-0.2, -0.15) is 0 Å². The number of anilines is 1. The summed E-state index contributed by atoms with van der Waals surface area (Å²) in [5.41, 5.74) is -0.203. The van der Waals surface area contributed by atoms with Gasteiger partial charge in [-0.15, -0.1) is 11.8 Å². The molecule has 1 aromatic rings. The van der Waals surface area contributed by atoms with E-state index >= 15 is 0 Å². The molecule has 14 heavy (non-hydrogen) atoms. The average molecular weight is 211 g/mol. The summed E-state index contributed by atoms with van der Waals surface area (Å²) < 4.78 is 0. The number of likely N-dealkylation sites (N-methyl/N-ethyl adjacent to an activating group) is 1. The Morgan fingerprint density at radius 2 is 2.00 bits per heavy atom. The van der Waals surface area contributed by atoms with Gasteiger partial charge in [0.2, 0.25) is 0 Å². The molecular formula is C10H13NO2S. The average Bonchev–Trinajstić information content (AvgIpc) is 2.27. The molecule has 0 bridgehead atoms. The van der Waals surface area contributed by atoms with Crippen LogP contribution >= 0.6 is 11.8 Å². The first-order valence-corrected chi connectivity index (χ1v) is 5.49. The second-order valence-corrected chi connectivity index (χ2v) is 3.74. The van der Waals surface area contributed by atoms with E-state index in [1.807, 2.05) is 30.3 Å². The van der Waals surface area contributed by atoms with Crippen LogP contribution in [-0.2, 0) is 4.79 Å². The Hall–Kier alpha value is -1.00. The molecule has 1 unspecified atom stereocenters. The van der Waals surface area contributed by atoms with Crippen LogP contribution in [0.2, 0.25) is 0 Å². The minimum absolute atomic E-state index is 0.302.